The van der Waals surface area contributed by atoms with E-state index in [-0.39, 0.29) is 6.04 Å². The van der Waals surface area contributed by atoms with Gasteiger partial charge in [0.25, 0.3) is 0 Å². The van der Waals surface area contributed by atoms with Crippen LogP contribution in [0, 0.1) is 0 Å². The molecule has 6 heteroatoms. The van der Waals surface area contributed by atoms with Gasteiger partial charge < -0.3 is 14.6 Å². The zero-order chi connectivity index (χ0) is 17.3. The summed E-state index contributed by atoms with van der Waals surface area (Å²) in [5.74, 6) is 0.948. The molecule has 1 aliphatic heterocycles. The van der Waals surface area contributed by atoms with Crippen LogP contribution in [-0.4, -0.2) is 32.7 Å². The van der Waals surface area contributed by atoms with Gasteiger partial charge in [-0.15, -0.1) is 0 Å². The van der Waals surface area contributed by atoms with Crippen molar-refractivity contribution in [3.63, 3.8) is 0 Å². The lowest BCUT2D eigenvalue weighted by atomic mass is 10.1. The lowest BCUT2D eigenvalue weighted by molar-refractivity contribution is 0.0561. The number of pyridine rings is 2. The van der Waals surface area contributed by atoms with Gasteiger partial charge in [0.2, 0.25) is 0 Å². The van der Waals surface area contributed by atoms with E-state index in [0.29, 0.717) is 13.2 Å². The Bertz CT molecular complexity index is 1070. The Hall–Kier alpha value is -2.83. The number of fused-ring (bicyclic) bond motifs is 4. The number of nitrogens with zero attached hydrogens (tertiary/aromatic N) is 4. The van der Waals surface area contributed by atoms with Crippen LogP contribution in [0.5, 0.6) is 0 Å². The SMILES string of the molecule is c1ccc2ncc(CNCC3COCc4nc5cccnc5n43)cc2c1. The topological polar surface area (TPSA) is 64.9 Å². The lowest BCUT2D eigenvalue weighted by Crippen LogP contribution is -2.32. The number of hydrogen-bond donors (Lipinski definition) is 1. The molecule has 0 fully saturated rings. The zero-order valence-electron chi connectivity index (χ0n) is 14.3. The third-order valence-electron chi connectivity index (χ3n) is 4.78. The Morgan fingerprint density at radius 2 is 2.04 bits per heavy atom. The molecule has 1 atom stereocenters. The van der Waals surface area contributed by atoms with Gasteiger partial charge in [-0.1, -0.05) is 18.2 Å². The van der Waals surface area contributed by atoms with E-state index in [9.17, 15) is 0 Å². The second-order valence-electron chi connectivity index (χ2n) is 6.58. The summed E-state index contributed by atoms with van der Waals surface area (Å²) in [6.45, 7) is 2.77. The highest BCUT2D eigenvalue weighted by Crippen LogP contribution is 2.24. The van der Waals surface area contributed by atoms with Crippen LogP contribution >= 0.6 is 0 Å². The zero-order valence-corrected chi connectivity index (χ0v) is 14.3. The molecule has 1 unspecified atom stereocenters. The average molecular weight is 345 g/mol. The molecule has 0 saturated carbocycles. The van der Waals surface area contributed by atoms with Gasteiger partial charge in [0.1, 0.15) is 17.9 Å². The predicted molar refractivity (Wildman–Crippen MR) is 99.7 cm³/mol. The molecule has 4 heterocycles. The lowest BCUT2D eigenvalue weighted by Gasteiger charge is -2.26. The van der Waals surface area contributed by atoms with Gasteiger partial charge in [0.15, 0.2) is 5.65 Å². The van der Waals surface area contributed by atoms with Crippen molar-refractivity contribution in [3.05, 3.63) is 66.2 Å². The molecule has 0 aliphatic carbocycles. The van der Waals surface area contributed by atoms with Crippen LogP contribution in [0.3, 0.4) is 0 Å². The first-order chi connectivity index (χ1) is 12.9. The molecule has 6 nitrogen and oxygen atoms in total. The molecule has 0 radical (unpaired) electrons. The fourth-order valence-corrected chi connectivity index (χ4v) is 3.57. The number of ether oxygens (including phenoxy) is 1. The number of aromatic nitrogens is 4. The fraction of sp³-hybridized carbons (Fsp3) is 0.250. The van der Waals surface area contributed by atoms with Crippen molar-refractivity contribution in [1.29, 1.82) is 0 Å². The fourth-order valence-electron chi connectivity index (χ4n) is 3.57. The molecule has 130 valence electrons. The molecule has 0 amide bonds. The van der Waals surface area contributed by atoms with E-state index in [1.165, 1.54) is 10.9 Å². The Morgan fingerprint density at radius 1 is 1.12 bits per heavy atom. The predicted octanol–water partition coefficient (Wildman–Crippen LogP) is 2.84. The molecule has 0 spiro atoms. The molecule has 1 N–H and O–H groups in total. The molecular weight excluding hydrogens is 326 g/mol. The maximum Gasteiger partial charge on any atom is 0.160 e. The normalized spacial score (nSPS) is 16.8. The number of rotatable bonds is 4. The number of hydrogen-bond acceptors (Lipinski definition) is 5. The van der Waals surface area contributed by atoms with Gasteiger partial charge in [0.05, 0.1) is 18.2 Å². The van der Waals surface area contributed by atoms with Gasteiger partial charge in [-0.3, -0.25) is 4.98 Å². The van der Waals surface area contributed by atoms with Crippen molar-refractivity contribution in [1.82, 2.24) is 24.8 Å². The number of benzene rings is 1. The van der Waals surface area contributed by atoms with Crippen LogP contribution in [0.1, 0.15) is 17.4 Å². The smallest absolute Gasteiger partial charge is 0.160 e. The molecule has 4 aromatic rings. The van der Waals surface area contributed by atoms with Crippen LogP contribution in [0.25, 0.3) is 22.1 Å². The van der Waals surface area contributed by atoms with Crippen LogP contribution < -0.4 is 5.32 Å². The first kappa shape index (κ1) is 15.4. The van der Waals surface area contributed by atoms with Crippen LogP contribution in [-0.2, 0) is 17.9 Å². The Labute approximate surface area is 150 Å². The van der Waals surface area contributed by atoms with Gasteiger partial charge in [0, 0.05) is 30.9 Å². The molecule has 0 bridgehead atoms. The third kappa shape index (κ3) is 2.73. The molecule has 1 aliphatic rings. The van der Waals surface area contributed by atoms with E-state index in [0.717, 1.165) is 35.6 Å². The number of nitrogens with one attached hydrogen (secondary N) is 1. The van der Waals surface area contributed by atoms with E-state index in [4.69, 9.17) is 4.74 Å². The summed E-state index contributed by atoms with van der Waals surface area (Å²) in [7, 11) is 0. The Balaban J connectivity index is 1.33. The average Bonchev–Trinajstić information content (AvgIpc) is 3.07. The minimum absolute atomic E-state index is 0.187. The molecule has 1 aromatic carbocycles. The molecule has 3 aromatic heterocycles. The van der Waals surface area contributed by atoms with Gasteiger partial charge in [-0.25, -0.2) is 9.97 Å². The van der Waals surface area contributed by atoms with E-state index < -0.39 is 0 Å². The van der Waals surface area contributed by atoms with Crippen LogP contribution in [0.15, 0.2) is 54.9 Å². The second kappa shape index (κ2) is 6.48. The highest BCUT2D eigenvalue weighted by Gasteiger charge is 2.24. The van der Waals surface area contributed by atoms with E-state index in [1.807, 2.05) is 42.7 Å². The summed E-state index contributed by atoms with van der Waals surface area (Å²) in [5.41, 5.74) is 4.06. The maximum absolute atomic E-state index is 5.74. The minimum atomic E-state index is 0.187. The van der Waals surface area contributed by atoms with Crippen molar-refractivity contribution in [2.75, 3.05) is 13.2 Å². The molecular formula is C20H19N5O. The summed E-state index contributed by atoms with van der Waals surface area (Å²) < 4.78 is 7.95. The molecule has 0 saturated heterocycles. The largest absolute Gasteiger partial charge is 0.371 e. The molecule has 5 rings (SSSR count). The molecule has 26 heavy (non-hydrogen) atoms. The Kier molecular flexibility index (Phi) is 3.84. The standard InChI is InChI=1S/C20H19N5O/c1-2-5-17-15(4-1)8-14(10-23-17)9-21-11-16-12-26-13-19-24-18-6-3-7-22-20(18)25(16)19/h1-8,10,16,21H,9,11-13H2. The second-order valence-corrected chi connectivity index (χ2v) is 6.58. The van der Waals surface area contributed by atoms with E-state index in [2.05, 4.69) is 37.0 Å². The monoisotopic (exact) mass is 345 g/mol. The van der Waals surface area contributed by atoms with Crippen molar-refractivity contribution in [2.45, 2.75) is 19.2 Å². The summed E-state index contributed by atoms with van der Waals surface area (Å²) in [6, 6.07) is 14.5. The summed E-state index contributed by atoms with van der Waals surface area (Å²) in [6.07, 6.45) is 3.75. The first-order valence-electron chi connectivity index (χ1n) is 8.82. The van der Waals surface area contributed by atoms with Crippen molar-refractivity contribution in [3.8, 4) is 0 Å². The van der Waals surface area contributed by atoms with Gasteiger partial charge in [-0.05, 0) is 29.8 Å². The first-order valence-corrected chi connectivity index (χ1v) is 8.82. The van der Waals surface area contributed by atoms with Crippen molar-refractivity contribution in [2.24, 2.45) is 0 Å². The van der Waals surface area contributed by atoms with Crippen LogP contribution in [0.4, 0.5) is 0 Å². The number of imidazole rings is 1. The highest BCUT2D eigenvalue weighted by molar-refractivity contribution is 5.78. The highest BCUT2D eigenvalue weighted by atomic mass is 16.5. The van der Waals surface area contributed by atoms with Crippen molar-refractivity contribution < 1.29 is 4.74 Å². The van der Waals surface area contributed by atoms with Gasteiger partial charge in [-0.2, -0.15) is 0 Å². The summed E-state index contributed by atoms with van der Waals surface area (Å²) in [5, 5.41) is 4.70. The van der Waals surface area contributed by atoms with E-state index in [1.54, 1.807) is 0 Å². The Morgan fingerprint density at radius 3 is 3.04 bits per heavy atom. The quantitative estimate of drug-likeness (QED) is 0.616. The minimum Gasteiger partial charge on any atom is -0.371 e. The number of para-hydroxylation sites is 1. The summed E-state index contributed by atoms with van der Waals surface area (Å²) >= 11 is 0. The third-order valence-corrected chi connectivity index (χ3v) is 4.78. The summed E-state index contributed by atoms with van der Waals surface area (Å²) in [4.78, 5) is 13.7. The van der Waals surface area contributed by atoms with Gasteiger partial charge >= 0.3 is 0 Å². The van der Waals surface area contributed by atoms with Crippen molar-refractivity contribution >= 4 is 22.1 Å². The van der Waals surface area contributed by atoms with Crippen LogP contribution in [0.2, 0.25) is 0 Å². The maximum atomic E-state index is 5.74. The van der Waals surface area contributed by atoms with E-state index >= 15 is 0 Å².